The molecule has 0 radical (unpaired) electrons. The van der Waals surface area contributed by atoms with Crippen molar-refractivity contribution in [2.45, 2.75) is 50.7 Å². The van der Waals surface area contributed by atoms with Gasteiger partial charge in [0.15, 0.2) is 5.82 Å². The maximum Gasteiger partial charge on any atom is 0.253 e. The van der Waals surface area contributed by atoms with Gasteiger partial charge in [0.1, 0.15) is 11.8 Å². The average Bonchev–Trinajstić information content (AvgIpc) is 3.44. The molecule has 3 heterocycles. The monoisotopic (exact) mass is 513 g/mol. The van der Waals surface area contributed by atoms with Gasteiger partial charge in [0.25, 0.3) is 5.56 Å². The van der Waals surface area contributed by atoms with E-state index in [1.807, 2.05) is 28.9 Å². The SMILES string of the molecule is COc1ccc2cc([C@H](c3nnnn3C3CCCCC3)N3CCN(Cc4ccccc4)CC3)c(=O)[nH]c2c1. The molecule has 2 aromatic heterocycles. The fraction of sp³-hybridized carbons (Fsp3) is 0.448. The Labute approximate surface area is 222 Å². The molecule has 2 aliphatic rings. The molecule has 4 aromatic rings. The van der Waals surface area contributed by atoms with Crippen LogP contribution in [-0.2, 0) is 6.54 Å². The van der Waals surface area contributed by atoms with Crippen LogP contribution in [0.25, 0.3) is 10.9 Å². The highest BCUT2D eigenvalue weighted by Crippen LogP contribution is 2.33. The lowest BCUT2D eigenvalue weighted by Crippen LogP contribution is -2.48. The second-order valence-corrected chi connectivity index (χ2v) is 10.5. The normalized spacial score (nSPS) is 18.6. The molecule has 1 N–H and O–H groups in total. The van der Waals surface area contributed by atoms with E-state index in [4.69, 9.17) is 4.74 Å². The van der Waals surface area contributed by atoms with Gasteiger partial charge >= 0.3 is 0 Å². The summed E-state index contributed by atoms with van der Waals surface area (Å²) < 4.78 is 7.38. The highest BCUT2D eigenvalue weighted by molar-refractivity contribution is 5.80. The van der Waals surface area contributed by atoms with Gasteiger partial charge in [-0.1, -0.05) is 49.6 Å². The molecule has 2 fully saturated rings. The van der Waals surface area contributed by atoms with E-state index in [-0.39, 0.29) is 17.6 Å². The smallest absolute Gasteiger partial charge is 0.253 e. The summed E-state index contributed by atoms with van der Waals surface area (Å²) in [5.74, 6) is 1.49. The summed E-state index contributed by atoms with van der Waals surface area (Å²) in [4.78, 5) is 21.6. The quantitative estimate of drug-likeness (QED) is 0.400. The van der Waals surface area contributed by atoms with E-state index in [1.54, 1.807) is 7.11 Å². The third kappa shape index (κ3) is 5.08. The van der Waals surface area contributed by atoms with Crippen LogP contribution in [0.5, 0.6) is 5.75 Å². The Bertz CT molecular complexity index is 1420. The van der Waals surface area contributed by atoms with Crippen molar-refractivity contribution in [2.24, 2.45) is 0 Å². The van der Waals surface area contributed by atoms with Crippen molar-refractivity contribution in [3.63, 3.8) is 0 Å². The fourth-order valence-corrected chi connectivity index (χ4v) is 6.01. The summed E-state index contributed by atoms with van der Waals surface area (Å²) in [6, 6.07) is 18.3. The number of benzene rings is 2. The average molecular weight is 514 g/mol. The molecular formula is C29H35N7O2. The lowest BCUT2D eigenvalue weighted by molar-refractivity contribution is 0.0982. The molecule has 0 unspecified atom stereocenters. The first kappa shape index (κ1) is 24.8. The largest absolute Gasteiger partial charge is 0.497 e. The zero-order valence-electron chi connectivity index (χ0n) is 21.9. The molecule has 0 bridgehead atoms. The Hall–Kier alpha value is -3.56. The van der Waals surface area contributed by atoms with Crippen LogP contribution in [0, 0.1) is 0 Å². The van der Waals surface area contributed by atoms with Gasteiger partial charge in [0.05, 0.1) is 18.7 Å². The summed E-state index contributed by atoms with van der Waals surface area (Å²) >= 11 is 0. The fourth-order valence-electron chi connectivity index (χ4n) is 6.01. The van der Waals surface area contributed by atoms with E-state index in [2.05, 4.69) is 60.6 Å². The third-order valence-electron chi connectivity index (χ3n) is 8.08. The van der Waals surface area contributed by atoms with Gasteiger partial charge in [-0.3, -0.25) is 14.6 Å². The van der Waals surface area contributed by atoms with E-state index in [0.29, 0.717) is 11.3 Å². The molecule has 6 rings (SSSR count). The second-order valence-electron chi connectivity index (χ2n) is 10.5. The second kappa shape index (κ2) is 11.0. The van der Waals surface area contributed by atoms with E-state index in [1.165, 1.54) is 24.8 Å². The lowest BCUT2D eigenvalue weighted by Gasteiger charge is -2.39. The van der Waals surface area contributed by atoms with Crippen LogP contribution in [0.3, 0.4) is 0 Å². The van der Waals surface area contributed by atoms with Crippen LogP contribution in [0.1, 0.15) is 61.1 Å². The molecule has 0 amide bonds. The molecule has 2 aromatic carbocycles. The summed E-state index contributed by atoms with van der Waals surface area (Å²) in [7, 11) is 1.63. The van der Waals surface area contributed by atoms with Crippen molar-refractivity contribution in [3.05, 3.63) is 81.9 Å². The van der Waals surface area contributed by atoms with Crippen LogP contribution in [0.4, 0.5) is 0 Å². The Morgan fingerprint density at radius 3 is 2.55 bits per heavy atom. The van der Waals surface area contributed by atoms with Crippen LogP contribution in [0.15, 0.2) is 59.4 Å². The summed E-state index contributed by atoms with van der Waals surface area (Å²) in [5.41, 5.74) is 2.66. The molecule has 1 saturated heterocycles. The molecule has 38 heavy (non-hydrogen) atoms. The number of nitrogens with zero attached hydrogens (tertiary/aromatic N) is 6. The van der Waals surface area contributed by atoms with E-state index in [9.17, 15) is 4.79 Å². The topological polar surface area (TPSA) is 92.2 Å². The molecule has 9 nitrogen and oxygen atoms in total. The van der Waals surface area contributed by atoms with Crippen molar-refractivity contribution >= 4 is 10.9 Å². The first-order valence-electron chi connectivity index (χ1n) is 13.7. The number of hydrogen-bond acceptors (Lipinski definition) is 7. The number of aromatic amines is 1. The van der Waals surface area contributed by atoms with Gasteiger partial charge in [-0.15, -0.1) is 5.10 Å². The van der Waals surface area contributed by atoms with Crippen molar-refractivity contribution in [1.29, 1.82) is 0 Å². The summed E-state index contributed by atoms with van der Waals surface area (Å²) in [5, 5.41) is 14.1. The van der Waals surface area contributed by atoms with Crippen molar-refractivity contribution in [2.75, 3.05) is 33.3 Å². The Morgan fingerprint density at radius 2 is 1.79 bits per heavy atom. The highest BCUT2D eigenvalue weighted by Gasteiger charge is 2.34. The van der Waals surface area contributed by atoms with Crippen LogP contribution < -0.4 is 10.3 Å². The van der Waals surface area contributed by atoms with Crippen molar-refractivity contribution in [3.8, 4) is 5.75 Å². The van der Waals surface area contributed by atoms with Gasteiger partial charge in [0.2, 0.25) is 0 Å². The van der Waals surface area contributed by atoms with Gasteiger partial charge in [-0.2, -0.15) is 0 Å². The van der Waals surface area contributed by atoms with Gasteiger partial charge in [-0.05, 0) is 52.4 Å². The number of ether oxygens (including phenoxy) is 1. The van der Waals surface area contributed by atoms with Crippen LogP contribution >= 0.6 is 0 Å². The zero-order valence-corrected chi connectivity index (χ0v) is 21.9. The van der Waals surface area contributed by atoms with Gasteiger partial charge in [-0.25, -0.2) is 4.68 Å². The van der Waals surface area contributed by atoms with Crippen molar-refractivity contribution < 1.29 is 4.74 Å². The Morgan fingerprint density at radius 1 is 1.00 bits per heavy atom. The number of hydrogen-bond donors (Lipinski definition) is 1. The molecule has 1 aliphatic heterocycles. The first-order valence-corrected chi connectivity index (χ1v) is 13.7. The zero-order chi connectivity index (χ0) is 25.9. The molecule has 1 saturated carbocycles. The predicted octanol–water partition coefficient (Wildman–Crippen LogP) is 3.94. The van der Waals surface area contributed by atoms with Gasteiger partial charge < -0.3 is 9.72 Å². The molecule has 1 atom stereocenters. The predicted molar refractivity (Wildman–Crippen MR) is 146 cm³/mol. The van der Waals surface area contributed by atoms with Crippen molar-refractivity contribution in [1.82, 2.24) is 35.0 Å². The first-order chi connectivity index (χ1) is 18.7. The number of piperazine rings is 1. The third-order valence-corrected chi connectivity index (χ3v) is 8.08. The summed E-state index contributed by atoms with van der Waals surface area (Å²) in [6.45, 7) is 4.42. The minimum atomic E-state index is -0.318. The number of nitrogens with one attached hydrogen (secondary N) is 1. The molecule has 1 aliphatic carbocycles. The van der Waals surface area contributed by atoms with Crippen LogP contribution in [0.2, 0.25) is 0 Å². The number of rotatable bonds is 7. The lowest BCUT2D eigenvalue weighted by atomic mass is 9.95. The minimum Gasteiger partial charge on any atom is -0.497 e. The molecule has 198 valence electrons. The Kier molecular flexibility index (Phi) is 7.20. The number of fused-ring (bicyclic) bond motifs is 1. The summed E-state index contributed by atoms with van der Waals surface area (Å²) in [6.07, 6.45) is 5.78. The van der Waals surface area contributed by atoms with Crippen LogP contribution in [-0.4, -0.2) is 68.3 Å². The van der Waals surface area contributed by atoms with E-state index in [0.717, 1.165) is 62.3 Å². The number of aromatic nitrogens is 5. The number of tetrazole rings is 1. The van der Waals surface area contributed by atoms with E-state index >= 15 is 0 Å². The highest BCUT2D eigenvalue weighted by atomic mass is 16.5. The molecular weight excluding hydrogens is 478 g/mol. The Balaban J connectivity index is 1.34. The minimum absolute atomic E-state index is 0.110. The van der Waals surface area contributed by atoms with E-state index < -0.39 is 0 Å². The standard InChI is InChI=1S/C29H35N7O2/c1-38-24-13-12-22-18-25(29(37)30-26(22)19-24)27(28-31-32-33-36(28)23-10-6-3-7-11-23)35-16-14-34(15-17-35)20-21-8-4-2-5-9-21/h2,4-5,8-9,12-13,18-19,23,27H,3,6-7,10-11,14-17,20H2,1H3,(H,30,37)/t27-/m1/s1. The number of pyridine rings is 1. The number of methoxy groups -OCH3 is 1. The molecule has 9 heteroatoms. The van der Waals surface area contributed by atoms with Gasteiger partial charge in [0, 0.05) is 44.4 Å². The molecule has 0 spiro atoms. The maximum atomic E-state index is 13.6. The number of H-pyrrole nitrogens is 1. The maximum absolute atomic E-state index is 13.6.